The zero-order chi connectivity index (χ0) is 12.4. The number of ether oxygens (including phenoxy) is 2. The molecule has 0 amide bonds. The normalized spacial score (nSPS) is 17.3. The Hall–Kier alpha value is -1.79. The van der Waals surface area contributed by atoms with Crippen LogP contribution in [0.4, 0.5) is 0 Å². The Bertz CT molecular complexity index is 434. The highest BCUT2D eigenvalue weighted by Crippen LogP contribution is 2.37. The molecule has 1 aromatic carbocycles. The van der Waals surface area contributed by atoms with Gasteiger partial charge in [0, 0.05) is 5.56 Å². The smallest absolute Gasteiger partial charge is 0.323 e. The predicted molar refractivity (Wildman–Crippen MR) is 58.0 cm³/mol. The number of aliphatic hydroxyl groups is 1. The van der Waals surface area contributed by atoms with Gasteiger partial charge < -0.3 is 25.4 Å². The number of nitrogens with two attached hydrogens (primary N) is 1. The number of benzene rings is 1. The van der Waals surface area contributed by atoms with Gasteiger partial charge in [-0.15, -0.1) is 0 Å². The Kier molecular flexibility index (Phi) is 3.16. The molecule has 2 rings (SSSR count). The van der Waals surface area contributed by atoms with Crippen molar-refractivity contribution in [3.63, 3.8) is 0 Å². The minimum absolute atomic E-state index is 0.331. The predicted octanol–water partition coefficient (Wildman–Crippen LogP) is -0.0969. The van der Waals surface area contributed by atoms with Crippen molar-refractivity contribution in [2.24, 2.45) is 5.73 Å². The Morgan fingerprint density at radius 3 is 2.76 bits per heavy atom. The second-order valence-electron chi connectivity index (χ2n) is 3.68. The molecular weight excluding hydrogens is 226 g/mol. The molecule has 1 aliphatic rings. The number of carboxylic acids is 1. The molecule has 2 unspecified atom stereocenters. The Labute approximate surface area is 97.6 Å². The van der Waals surface area contributed by atoms with Crippen molar-refractivity contribution < 1.29 is 24.5 Å². The fraction of sp³-hybridized carbons (Fsp3) is 0.364. The number of carboxylic acid groups (broad SMARTS) is 1. The molecule has 1 aromatic rings. The van der Waals surface area contributed by atoms with Crippen LogP contribution in [0.5, 0.6) is 11.5 Å². The van der Waals surface area contributed by atoms with E-state index in [4.69, 9.17) is 20.3 Å². The summed E-state index contributed by atoms with van der Waals surface area (Å²) in [5, 5.41) is 18.6. The lowest BCUT2D eigenvalue weighted by atomic mass is 10.0. The third-order valence-electron chi connectivity index (χ3n) is 2.54. The summed E-state index contributed by atoms with van der Waals surface area (Å²) in [6.45, 7) is 0.788. The van der Waals surface area contributed by atoms with Crippen LogP contribution >= 0.6 is 0 Å². The summed E-state index contributed by atoms with van der Waals surface area (Å²) in [6.07, 6.45) is -1.33. The number of aliphatic carboxylic acids is 1. The molecule has 1 aliphatic heterocycles. The van der Waals surface area contributed by atoms with E-state index < -0.39 is 18.1 Å². The van der Waals surface area contributed by atoms with E-state index in [-0.39, 0.29) is 0 Å². The fourth-order valence-corrected chi connectivity index (χ4v) is 1.66. The lowest BCUT2D eigenvalue weighted by molar-refractivity contribution is -0.141. The third-order valence-corrected chi connectivity index (χ3v) is 2.54. The standard InChI is InChI=1S/C11H13NO5/c12-8(11(14)15)9(13)6-2-1-3-7-10(6)17-5-4-16-7/h1-3,8-9,13H,4-5,12H2,(H,14,15). The number of hydrogen-bond donors (Lipinski definition) is 3. The van der Waals surface area contributed by atoms with Gasteiger partial charge in [0.05, 0.1) is 0 Å². The first-order valence-corrected chi connectivity index (χ1v) is 5.16. The van der Waals surface area contributed by atoms with Crippen molar-refractivity contribution in [1.82, 2.24) is 0 Å². The molecule has 1 heterocycles. The van der Waals surface area contributed by atoms with Crippen molar-refractivity contribution in [3.05, 3.63) is 23.8 Å². The van der Waals surface area contributed by atoms with Crippen LogP contribution in [-0.2, 0) is 4.79 Å². The molecule has 6 heteroatoms. The van der Waals surface area contributed by atoms with Gasteiger partial charge in [-0.05, 0) is 6.07 Å². The van der Waals surface area contributed by atoms with Crippen LogP contribution in [0, 0.1) is 0 Å². The van der Waals surface area contributed by atoms with Gasteiger partial charge in [-0.2, -0.15) is 0 Å². The highest BCUT2D eigenvalue weighted by molar-refractivity contribution is 5.74. The van der Waals surface area contributed by atoms with Crippen LogP contribution in [0.15, 0.2) is 18.2 Å². The first-order valence-electron chi connectivity index (χ1n) is 5.16. The Morgan fingerprint density at radius 2 is 2.06 bits per heavy atom. The van der Waals surface area contributed by atoms with Gasteiger partial charge in [-0.1, -0.05) is 12.1 Å². The third kappa shape index (κ3) is 2.17. The van der Waals surface area contributed by atoms with Gasteiger partial charge in [0.15, 0.2) is 11.5 Å². The van der Waals surface area contributed by atoms with Crippen molar-refractivity contribution in [3.8, 4) is 11.5 Å². The molecular formula is C11H13NO5. The Balaban J connectivity index is 2.35. The van der Waals surface area contributed by atoms with E-state index in [1.54, 1.807) is 18.2 Å². The maximum Gasteiger partial charge on any atom is 0.323 e. The zero-order valence-corrected chi connectivity index (χ0v) is 9.00. The molecule has 0 spiro atoms. The molecule has 0 aliphatic carbocycles. The fourth-order valence-electron chi connectivity index (χ4n) is 1.66. The number of hydrogen-bond acceptors (Lipinski definition) is 5. The number of carbonyl (C=O) groups is 1. The molecule has 6 nitrogen and oxygen atoms in total. The summed E-state index contributed by atoms with van der Waals surface area (Å²) in [6, 6.07) is 3.52. The first-order chi connectivity index (χ1) is 8.11. The monoisotopic (exact) mass is 239 g/mol. The quantitative estimate of drug-likeness (QED) is 0.681. The lowest BCUT2D eigenvalue weighted by Crippen LogP contribution is -2.36. The maximum atomic E-state index is 10.7. The van der Waals surface area contributed by atoms with Gasteiger partial charge in [0.25, 0.3) is 0 Å². The first kappa shape index (κ1) is 11.7. The van der Waals surface area contributed by atoms with E-state index >= 15 is 0 Å². The van der Waals surface area contributed by atoms with Crippen molar-refractivity contribution in [2.75, 3.05) is 13.2 Å². The van der Waals surface area contributed by atoms with Crippen LogP contribution in [-0.4, -0.2) is 35.4 Å². The van der Waals surface area contributed by atoms with Crippen LogP contribution in [0.2, 0.25) is 0 Å². The van der Waals surface area contributed by atoms with E-state index in [9.17, 15) is 9.90 Å². The Morgan fingerprint density at radius 1 is 1.35 bits per heavy atom. The van der Waals surface area contributed by atoms with Gasteiger partial charge >= 0.3 is 5.97 Å². The maximum absolute atomic E-state index is 10.7. The largest absolute Gasteiger partial charge is 0.486 e. The van der Waals surface area contributed by atoms with Crippen molar-refractivity contribution in [2.45, 2.75) is 12.1 Å². The molecule has 0 radical (unpaired) electrons. The van der Waals surface area contributed by atoms with Gasteiger partial charge in [-0.3, -0.25) is 4.79 Å². The minimum atomic E-state index is -1.40. The number of aliphatic hydroxyl groups excluding tert-OH is 1. The summed E-state index contributed by atoms with van der Waals surface area (Å²) in [5.41, 5.74) is 5.71. The second-order valence-corrected chi connectivity index (χ2v) is 3.68. The minimum Gasteiger partial charge on any atom is -0.486 e. The summed E-state index contributed by atoms with van der Waals surface area (Å²) >= 11 is 0. The average Bonchev–Trinajstić information content (AvgIpc) is 2.36. The SMILES string of the molecule is NC(C(=O)O)C(O)c1cccc2c1OCCO2. The highest BCUT2D eigenvalue weighted by atomic mass is 16.6. The average molecular weight is 239 g/mol. The van der Waals surface area contributed by atoms with Crippen molar-refractivity contribution >= 4 is 5.97 Å². The molecule has 0 saturated carbocycles. The molecule has 0 bridgehead atoms. The van der Waals surface area contributed by atoms with Crippen LogP contribution in [0.25, 0.3) is 0 Å². The summed E-state index contributed by atoms with van der Waals surface area (Å²) in [7, 11) is 0. The summed E-state index contributed by atoms with van der Waals surface area (Å²) in [5.74, 6) is -0.417. The van der Waals surface area contributed by atoms with E-state index in [2.05, 4.69) is 0 Å². The highest BCUT2D eigenvalue weighted by Gasteiger charge is 2.28. The molecule has 17 heavy (non-hydrogen) atoms. The number of fused-ring (bicyclic) bond motifs is 1. The van der Waals surface area contributed by atoms with Gasteiger partial charge in [0.1, 0.15) is 25.4 Å². The topological polar surface area (TPSA) is 102 Å². The zero-order valence-electron chi connectivity index (χ0n) is 9.00. The van der Waals surface area contributed by atoms with Crippen molar-refractivity contribution in [1.29, 1.82) is 0 Å². The number of rotatable bonds is 3. The van der Waals surface area contributed by atoms with Crippen LogP contribution in [0.3, 0.4) is 0 Å². The summed E-state index contributed by atoms with van der Waals surface area (Å²) in [4.78, 5) is 10.7. The van der Waals surface area contributed by atoms with Gasteiger partial charge in [-0.25, -0.2) is 0 Å². The molecule has 4 N–H and O–H groups in total. The number of para-hydroxylation sites is 1. The van der Waals surface area contributed by atoms with Gasteiger partial charge in [0.2, 0.25) is 0 Å². The van der Waals surface area contributed by atoms with E-state index in [1.807, 2.05) is 0 Å². The van der Waals surface area contributed by atoms with E-state index in [1.165, 1.54) is 0 Å². The van der Waals surface area contributed by atoms with E-state index in [0.717, 1.165) is 0 Å². The molecule has 0 fully saturated rings. The lowest BCUT2D eigenvalue weighted by Gasteiger charge is -2.24. The van der Waals surface area contributed by atoms with Crippen LogP contribution in [0.1, 0.15) is 11.7 Å². The molecule has 92 valence electrons. The summed E-state index contributed by atoms with van der Waals surface area (Å²) < 4.78 is 10.7. The molecule has 0 aromatic heterocycles. The molecule has 0 saturated heterocycles. The second kappa shape index (κ2) is 4.60. The molecule has 2 atom stereocenters. The van der Waals surface area contributed by atoms with E-state index in [0.29, 0.717) is 30.3 Å². The van der Waals surface area contributed by atoms with Crippen LogP contribution < -0.4 is 15.2 Å².